The van der Waals surface area contributed by atoms with Crippen LogP contribution in [0.15, 0.2) is 0 Å². The van der Waals surface area contributed by atoms with Crippen LogP contribution in [0.4, 0.5) is 5.82 Å². The Morgan fingerprint density at radius 1 is 1.37 bits per heavy atom. The molecule has 0 saturated carbocycles. The van der Waals surface area contributed by atoms with Crippen LogP contribution in [0.1, 0.15) is 33.4 Å². The first-order valence-corrected chi connectivity index (χ1v) is 8.47. The van der Waals surface area contributed by atoms with Gasteiger partial charge in [0.1, 0.15) is 10.8 Å². The van der Waals surface area contributed by atoms with Gasteiger partial charge in [0.2, 0.25) is 0 Å². The highest BCUT2D eigenvalue weighted by atomic mass is 35.5. The second-order valence-electron chi connectivity index (χ2n) is 5.84. The van der Waals surface area contributed by atoms with E-state index in [1.54, 1.807) is 6.92 Å². The highest BCUT2D eigenvalue weighted by Crippen LogP contribution is 2.29. The van der Waals surface area contributed by atoms with Gasteiger partial charge in [0.05, 0.1) is 18.0 Å². The van der Waals surface area contributed by atoms with E-state index in [9.17, 15) is 8.42 Å². The molecule has 0 aliphatic rings. The Bertz CT molecular complexity index is 544. The van der Waals surface area contributed by atoms with Gasteiger partial charge in [0.15, 0.2) is 9.84 Å². The Labute approximate surface area is 120 Å². The van der Waals surface area contributed by atoms with E-state index in [1.165, 1.54) is 4.68 Å². The highest BCUT2D eigenvalue weighted by Gasteiger charge is 2.20. The summed E-state index contributed by atoms with van der Waals surface area (Å²) < 4.78 is 24.5. The fourth-order valence-corrected chi connectivity index (χ4v) is 2.60. The molecule has 0 saturated heterocycles. The molecule has 0 amide bonds. The zero-order valence-electron chi connectivity index (χ0n) is 11.9. The van der Waals surface area contributed by atoms with E-state index < -0.39 is 9.84 Å². The third-order valence-corrected chi connectivity index (χ3v) is 4.85. The number of halogens is 1. The van der Waals surface area contributed by atoms with Gasteiger partial charge < -0.3 is 5.73 Å². The van der Waals surface area contributed by atoms with Gasteiger partial charge in [-0.15, -0.1) is 0 Å². The first kappa shape index (κ1) is 16.3. The molecule has 2 N–H and O–H groups in total. The molecule has 5 nitrogen and oxygen atoms in total. The maximum atomic E-state index is 11.5. The van der Waals surface area contributed by atoms with E-state index in [4.69, 9.17) is 17.3 Å². The molecule has 0 spiro atoms. The lowest BCUT2D eigenvalue weighted by molar-refractivity contribution is 0.403. The zero-order chi connectivity index (χ0) is 14.8. The minimum Gasteiger partial charge on any atom is -0.383 e. The van der Waals surface area contributed by atoms with Crippen LogP contribution in [0.3, 0.4) is 0 Å². The summed E-state index contributed by atoms with van der Waals surface area (Å²) in [6.45, 7) is 8.12. The average molecular weight is 308 g/mol. The van der Waals surface area contributed by atoms with Crippen LogP contribution in [-0.2, 0) is 22.8 Å². The van der Waals surface area contributed by atoms with Crippen molar-refractivity contribution in [3.8, 4) is 0 Å². The SMILES string of the molecule is CCS(=O)(=O)CCn1nc(CC(C)(C)C)c(Cl)c1N. The molecule has 0 bridgehead atoms. The first-order valence-electron chi connectivity index (χ1n) is 6.27. The molecule has 0 aromatic carbocycles. The number of nitrogens with zero attached hydrogens (tertiary/aromatic N) is 2. The number of aromatic nitrogens is 2. The summed E-state index contributed by atoms with van der Waals surface area (Å²) in [5.41, 5.74) is 6.64. The number of sulfone groups is 1. The Hall–Kier alpha value is -0.750. The molecule has 1 aromatic rings. The second-order valence-corrected chi connectivity index (χ2v) is 8.69. The van der Waals surface area contributed by atoms with Gasteiger partial charge in [-0.25, -0.2) is 13.1 Å². The quantitative estimate of drug-likeness (QED) is 0.904. The van der Waals surface area contributed by atoms with E-state index in [0.29, 0.717) is 17.3 Å². The van der Waals surface area contributed by atoms with Gasteiger partial charge in [0, 0.05) is 5.75 Å². The Morgan fingerprint density at radius 3 is 2.42 bits per heavy atom. The lowest BCUT2D eigenvalue weighted by Gasteiger charge is -2.16. The first-order chi connectivity index (χ1) is 8.56. The molecular weight excluding hydrogens is 286 g/mol. The standard InChI is InChI=1S/C12H22ClN3O2S/c1-5-19(17,18)7-6-16-11(14)10(13)9(15-16)8-12(2,3)4/h5-8,14H2,1-4H3. The molecule has 1 rings (SSSR count). The molecule has 0 atom stereocenters. The molecule has 0 aliphatic heterocycles. The minimum absolute atomic E-state index is 0.0284. The molecular formula is C12H22ClN3O2S. The molecule has 7 heteroatoms. The maximum absolute atomic E-state index is 11.5. The number of rotatable bonds is 5. The highest BCUT2D eigenvalue weighted by molar-refractivity contribution is 7.91. The molecule has 0 aliphatic carbocycles. The summed E-state index contributed by atoms with van der Waals surface area (Å²) in [7, 11) is -3.03. The molecule has 1 aromatic heterocycles. The van der Waals surface area contributed by atoms with E-state index in [0.717, 1.165) is 5.69 Å². The van der Waals surface area contributed by atoms with Crippen molar-refractivity contribution in [3.05, 3.63) is 10.7 Å². The molecule has 1 heterocycles. The average Bonchev–Trinajstić information content (AvgIpc) is 2.53. The fourth-order valence-electron chi connectivity index (χ4n) is 1.66. The predicted molar refractivity (Wildman–Crippen MR) is 79.1 cm³/mol. The van der Waals surface area contributed by atoms with Crippen LogP contribution in [0, 0.1) is 5.41 Å². The summed E-state index contributed by atoms with van der Waals surface area (Å²) in [6.07, 6.45) is 0.698. The molecule has 0 radical (unpaired) electrons. The number of anilines is 1. The van der Waals surface area contributed by atoms with Crippen LogP contribution in [-0.4, -0.2) is 29.7 Å². The van der Waals surface area contributed by atoms with E-state index in [-0.39, 0.29) is 23.5 Å². The number of nitrogen functional groups attached to an aromatic ring is 1. The van der Waals surface area contributed by atoms with Crippen LogP contribution in [0.25, 0.3) is 0 Å². The van der Waals surface area contributed by atoms with Crippen molar-refractivity contribution in [2.45, 2.75) is 40.7 Å². The predicted octanol–water partition coefficient (Wildman–Crippen LogP) is 2.14. The number of aryl methyl sites for hydroxylation is 1. The topological polar surface area (TPSA) is 78.0 Å². The van der Waals surface area contributed by atoms with Crippen LogP contribution >= 0.6 is 11.6 Å². The maximum Gasteiger partial charge on any atom is 0.151 e. The van der Waals surface area contributed by atoms with Crippen molar-refractivity contribution in [2.24, 2.45) is 5.41 Å². The minimum atomic E-state index is -3.03. The monoisotopic (exact) mass is 307 g/mol. The zero-order valence-corrected chi connectivity index (χ0v) is 13.5. The van der Waals surface area contributed by atoms with Crippen LogP contribution < -0.4 is 5.73 Å². The van der Waals surface area contributed by atoms with Gasteiger partial charge in [0.25, 0.3) is 0 Å². The van der Waals surface area contributed by atoms with Crippen LogP contribution in [0.5, 0.6) is 0 Å². The second kappa shape index (κ2) is 5.71. The lowest BCUT2D eigenvalue weighted by atomic mass is 9.91. The van der Waals surface area contributed by atoms with Gasteiger partial charge in [-0.3, -0.25) is 0 Å². The number of hydrogen-bond acceptors (Lipinski definition) is 4. The van der Waals surface area contributed by atoms with Crippen molar-refractivity contribution in [2.75, 3.05) is 17.2 Å². The normalized spacial score (nSPS) is 12.9. The third-order valence-electron chi connectivity index (χ3n) is 2.75. The summed E-state index contributed by atoms with van der Waals surface area (Å²) in [4.78, 5) is 0. The van der Waals surface area contributed by atoms with Crippen molar-refractivity contribution in [3.63, 3.8) is 0 Å². The Kier molecular flexibility index (Phi) is 4.90. The number of nitrogens with two attached hydrogens (primary N) is 1. The third kappa shape index (κ3) is 4.69. The number of hydrogen-bond donors (Lipinski definition) is 1. The smallest absolute Gasteiger partial charge is 0.151 e. The Balaban J connectivity index is 2.90. The summed E-state index contributed by atoms with van der Waals surface area (Å²) in [6, 6.07) is 0. The lowest BCUT2D eigenvalue weighted by Crippen LogP contribution is -2.17. The molecule has 110 valence electrons. The van der Waals surface area contributed by atoms with Crippen LogP contribution in [0.2, 0.25) is 5.02 Å². The van der Waals surface area contributed by atoms with E-state index >= 15 is 0 Å². The van der Waals surface area contributed by atoms with Gasteiger partial charge in [-0.1, -0.05) is 39.3 Å². The Morgan fingerprint density at radius 2 is 1.95 bits per heavy atom. The van der Waals surface area contributed by atoms with Gasteiger partial charge >= 0.3 is 0 Å². The fraction of sp³-hybridized carbons (Fsp3) is 0.750. The molecule has 19 heavy (non-hydrogen) atoms. The molecule has 0 unspecified atom stereocenters. The molecule has 0 fully saturated rings. The summed E-state index contributed by atoms with van der Waals surface area (Å²) in [5.74, 6) is 0.490. The van der Waals surface area contributed by atoms with E-state index in [2.05, 4.69) is 25.9 Å². The van der Waals surface area contributed by atoms with E-state index in [1.807, 2.05) is 0 Å². The van der Waals surface area contributed by atoms with Crippen molar-refractivity contribution >= 4 is 27.3 Å². The van der Waals surface area contributed by atoms with Crippen molar-refractivity contribution in [1.82, 2.24) is 9.78 Å². The van der Waals surface area contributed by atoms with Crippen molar-refractivity contribution in [1.29, 1.82) is 0 Å². The van der Waals surface area contributed by atoms with Gasteiger partial charge in [-0.05, 0) is 11.8 Å². The largest absolute Gasteiger partial charge is 0.383 e. The van der Waals surface area contributed by atoms with Gasteiger partial charge in [-0.2, -0.15) is 5.10 Å². The van der Waals surface area contributed by atoms with Crippen molar-refractivity contribution < 1.29 is 8.42 Å². The summed E-state index contributed by atoms with van der Waals surface area (Å²) >= 11 is 6.15. The summed E-state index contributed by atoms with van der Waals surface area (Å²) in [5, 5.41) is 4.76.